The van der Waals surface area contributed by atoms with Crippen molar-refractivity contribution in [2.24, 2.45) is 0 Å². The molecule has 0 amide bonds. The third kappa shape index (κ3) is 4.04. The van der Waals surface area contributed by atoms with Crippen LogP contribution in [0.3, 0.4) is 0 Å². The van der Waals surface area contributed by atoms with Gasteiger partial charge in [0.05, 0.1) is 0 Å². The van der Waals surface area contributed by atoms with Crippen molar-refractivity contribution < 1.29 is 0 Å². The van der Waals surface area contributed by atoms with E-state index in [1.807, 2.05) is 11.3 Å². The predicted molar refractivity (Wildman–Crippen MR) is 84.8 cm³/mol. The number of thiophene rings is 1. The fourth-order valence-electron chi connectivity index (χ4n) is 3.11. The summed E-state index contributed by atoms with van der Waals surface area (Å²) in [6.45, 7) is 9.37. The number of nitrogens with zero attached hydrogens (tertiary/aromatic N) is 1. The lowest BCUT2D eigenvalue weighted by Crippen LogP contribution is -2.47. The van der Waals surface area contributed by atoms with Gasteiger partial charge < -0.3 is 5.32 Å². The molecule has 1 fully saturated rings. The summed E-state index contributed by atoms with van der Waals surface area (Å²) in [5, 5.41) is 5.89. The normalized spacial score (nSPS) is 22.1. The van der Waals surface area contributed by atoms with Crippen molar-refractivity contribution in [1.82, 2.24) is 10.2 Å². The molecule has 1 saturated heterocycles. The van der Waals surface area contributed by atoms with Crippen LogP contribution in [0.2, 0.25) is 0 Å². The van der Waals surface area contributed by atoms with Gasteiger partial charge in [0.25, 0.3) is 0 Å². The quantitative estimate of drug-likeness (QED) is 0.845. The van der Waals surface area contributed by atoms with Gasteiger partial charge in [-0.05, 0) is 51.1 Å². The van der Waals surface area contributed by atoms with Crippen molar-refractivity contribution in [3.63, 3.8) is 0 Å². The van der Waals surface area contributed by atoms with Gasteiger partial charge in [0.1, 0.15) is 0 Å². The molecule has 1 aliphatic rings. The molecule has 1 aromatic heterocycles. The fourth-order valence-corrected chi connectivity index (χ4v) is 4.04. The Balaban J connectivity index is 2.05. The van der Waals surface area contributed by atoms with Gasteiger partial charge in [0.15, 0.2) is 0 Å². The van der Waals surface area contributed by atoms with E-state index >= 15 is 0 Å². The van der Waals surface area contributed by atoms with E-state index in [-0.39, 0.29) is 0 Å². The molecule has 19 heavy (non-hydrogen) atoms. The summed E-state index contributed by atoms with van der Waals surface area (Å²) in [6, 6.07) is 6.35. The van der Waals surface area contributed by atoms with Crippen molar-refractivity contribution in [1.29, 1.82) is 0 Å². The van der Waals surface area contributed by atoms with E-state index in [9.17, 15) is 0 Å². The first-order valence-electron chi connectivity index (χ1n) is 7.75. The van der Waals surface area contributed by atoms with E-state index in [1.165, 1.54) is 43.6 Å². The lowest BCUT2D eigenvalue weighted by atomic mass is 10.0. The van der Waals surface area contributed by atoms with Crippen molar-refractivity contribution >= 4 is 11.3 Å². The molecular formula is C16H28N2S. The van der Waals surface area contributed by atoms with E-state index in [0.717, 1.165) is 0 Å². The van der Waals surface area contributed by atoms with E-state index in [1.54, 1.807) is 0 Å². The van der Waals surface area contributed by atoms with Gasteiger partial charge in [-0.25, -0.2) is 0 Å². The van der Waals surface area contributed by atoms with Crippen molar-refractivity contribution in [2.45, 2.75) is 64.6 Å². The lowest BCUT2D eigenvalue weighted by Gasteiger charge is -2.38. The number of hydrogen-bond acceptors (Lipinski definition) is 3. The minimum absolute atomic E-state index is 0.587. The van der Waals surface area contributed by atoms with Gasteiger partial charge in [-0.1, -0.05) is 19.4 Å². The highest BCUT2D eigenvalue weighted by Crippen LogP contribution is 2.30. The van der Waals surface area contributed by atoms with E-state index < -0.39 is 0 Å². The summed E-state index contributed by atoms with van der Waals surface area (Å²) in [4.78, 5) is 4.21. The molecule has 2 atom stereocenters. The van der Waals surface area contributed by atoms with Crippen LogP contribution in [0, 0.1) is 0 Å². The summed E-state index contributed by atoms with van der Waals surface area (Å²) in [6.07, 6.45) is 5.27. The van der Waals surface area contributed by atoms with E-state index in [2.05, 4.69) is 48.5 Å². The monoisotopic (exact) mass is 280 g/mol. The first-order valence-corrected chi connectivity index (χ1v) is 8.62. The van der Waals surface area contributed by atoms with Gasteiger partial charge in [0, 0.05) is 29.5 Å². The summed E-state index contributed by atoms with van der Waals surface area (Å²) in [7, 11) is 0. The molecule has 2 nitrogen and oxygen atoms in total. The largest absolute Gasteiger partial charge is 0.313 e. The topological polar surface area (TPSA) is 15.3 Å². The molecule has 3 heteroatoms. The zero-order chi connectivity index (χ0) is 13.7. The maximum atomic E-state index is 3.69. The molecule has 0 aliphatic carbocycles. The zero-order valence-corrected chi connectivity index (χ0v) is 13.4. The van der Waals surface area contributed by atoms with E-state index in [4.69, 9.17) is 0 Å². The van der Waals surface area contributed by atoms with Gasteiger partial charge in [-0.3, -0.25) is 4.90 Å². The first kappa shape index (κ1) is 15.0. The smallest absolute Gasteiger partial charge is 0.0442 e. The second kappa shape index (κ2) is 7.41. The molecule has 1 aliphatic heterocycles. The SMILES string of the molecule is CCC(c1cccs1)N(CC1CCCCN1)C(C)C. The number of rotatable bonds is 6. The molecule has 108 valence electrons. The molecular weight excluding hydrogens is 252 g/mol. The highest BCUT2D eigenvalue weighted by molar-refractivity contribution is 7.10. The molecule has 2 unspecified atom stereocenters. The Bertz CT molecular complexity index is 342. The number of nitrogens with one attached hydrogen (secondary N) is 1. The third-order valence-electron chi connectivity index (χ3n) is 4.17. The Morgan fingerprint density at radius 1 is 1.42 bits per heavy atom. The standard InChI is InChI=1S/C16H28N2S/c1-4-15(16-9-7-11-19-16)18(13(2)3)12-14-8-5-6-10-17-14/h7,9,11,13-15,17H,4-6,8,10,12H2,1-3H3. The molecule has 1 aromatic rings. The van der Waals surface area contributed by atoms with Crippen LogP contribution in [0.5, 0.6) is 0 Å². The minimum atomic E-state index is 0.587. The molecule has 0 spiro atoms. The number of hydrogen-bond donors (Lipinski definition) is 1. The Kier molecular flexibility index (Phi) is 5.86. The summed E-state index contributed by atoms with van der Waals surface area (Å²) in [5.41, 5.74) is 0. The Morgan fingerprint density at radius 3 is 2.79 bits per heavy atom. The lowest BCUT2D eigenvalue weighted by molar-refractivity contribution is 0.127. The van der Waals surface area contributed by atoms with Crippen molar-refractivity contribution in [2.75, 3.05) is 13.1 Å². The first-order chi connectivity index (χ1) is 9.22. The third-order valence-corrected chi connectivity index (χ3v) is 5.14. The van der Waals surface area contributed by atoms with E-state index in [0.29, 0.717) is 18.1 Å². The van der Waals surface area contributed by atoms with Crippen LogP contribution < -0.4 is 5.32 Å². The van der Waals surface area contributed by atoms with Crippen LogP contribution >= 0.6 is 11.3 Å². The van der Waals surface area contributed by atoms with Crippen LogP contribution in [0.4, 0.5) is 0 Å². The average Bonchev–Trinajstić information content (AvgIpc) is 2.93. The molecule has 0 bridgehead atoms. The molecule has 2 rings (SSSR count). The summed E-state index contributed by atoms with van der Waals surface area (Å²) < 4.78 is 0. The molecule has 0 saturated carbocycles. The fraction of sp³-hybridized carbons (Fsp3) is 0.750. The van der Waals surface area contributed by atoms with Gasteiger partial charge in [-0.2, -0.15) is 0 Å². The maximum absolute atomic E-state index is 3.69. The Morgan fingerprint density at radius 2 is 2.26 bits per heavy atom. The number of piperidine rings is 1. The van der Waals surface area contributed by atoms with Crippen LogP contribution in [0.1, 0.15) is 57.4 Å². The minimum Gasteiger partial charge on any atom is -0.313 e. The van der Waals surface area contributed by atoms with Gasteiger partial charge in [-0.15, -0.1) is 11.3 Å². The summed E-state index contributed by atoms with van der Waals surface area (Å²) >= 11 is 1.90. The Labute approximate surface area is 122 Å². The van der Waals surface area contributed by atoms with Crippen LogP contribution in [-0.2, 0) is 0 Å². The highest BCUT2D eigenvalue weighted by atomic mass is 32.1. The van der Waals surface area contributed by atoms with Crippen LogP contribution in [0.15, 0.2) is 17.5 Å². The molecule has 0 aromatic carbocycles. The Hall–Kier alpha value is -0.380. The van der Waals surface area contributed by atoms with Gasteiger partial charge >= 0.3 is 0 Å². The second-order valence-corrected chi connectivity index (χ2v) is 6.86. The highest BCUT2D eigenvalue weighted by Gasteiger charge is 2.25. The second-order valence-electron chi connectivity index (χ2n) is 5.88. The van der Waals surface area contributed by atoms with Gasteiger partial charge in [0.2, 0.25) is 0 Å². The molecule has 1 N–H and O–H groups in total. The average molecular weight is 280 g/mol. The van der Waals surface area contributed by atoms with Crippen LogP contribution in [0.25, 0.3) is 0 Å². The van der Waals surface area contributed by atoms with Crippen molar-refractivity contribution in [3.8, 4) is 0 Å². The van der Waals surface area contributed by atoms with Crippen molar-refractivity contribution in [3.05, 3.63) is 22.4 Å². The zero-order valence-electron chi connectivity index (χ0n) is 12.6. The molecule has 2 heterocycles. The summed E-state index contributed by atoms with van der Waals surface area (Å²) in [5.74, 6) is 0. The van der Waals surface area contributed by atoms with Crippen LogP contribution in [-0.4, -0.2) is 30.1 Å². The molecule has 0 radical (unpaired) electrons. The maximum Gasteiger partial charge on any atom is 0.0442 e. The predicted octanol–water partition coefficient (Wildman–Crippen LogP) is 4.05.